The quantitative estimate of drug-likeness (QED) is 0.795. The van der Waals surface area contributed by atoms with Crippen molar-refractivity contribution in [2.45, 2.75) is 46.6 Å². The van der Waals surface area contributed by atoms with Crippen LogP contribution in [-0.2, 0) is 11.2 Å². The highest BCUT2D eigenvalue weighted by Crippen LogP contribution is 2.24. The van der Waals surface area contributed by atoms with E-state index in [1.54, 1.807) is 0 Å². The predicted octanol–water partition coefficient (Wildman–Crippen LogP) is 3.73. The summed E-state index contributed by atoms with van der Waals surface area (Å²) in [6.45, 7) is 10.5. The monoisotopic (exact) mass is 338 g/mol. The fraction of sp³-hybridized carbons (Fsp3) is 0.632. The molecule has 1 heterocycles. The van der Waals surface area contributed by atoms with Crippen LogP contribution in [0.5, 0.6) is 0 Å². The molecule has 1 aromatic carbocycles. The number of carbonyl (C=O) groups excluding carboxylic acids is 1. The zero-order valence-corrected chi connectivity index (χ0v) is 15.6. The van der Waals surface area contributed by atoms with Gasteiger partial charge < -0.3 is 10.6 Å². The number of benzene rings is 1. The van der Waals surface area contributed by atoms with Gasteiger partial charge in [-0.3, -0.25) is 4.79 Å². The molecule has 2 unspecified atom stereocenters. The van der Waals surface area contributed by atoms with Gasteiger partial charge in [0.15, 0.2) is 0 Å². The summed E-state index contributed by atoms with van der Waals surface area (Å²) >= 11 is 0. The number of aryl methyl sites for hydroxylation is 1. The van der Waals surface area contributed by atoms with Crippen LogP contribution in [0, 0.1) is 17.8 Å². The Labute approximate surface area is 147 Å². The van der Waals surface area contributed by atoms with Crippen LogP contribution < -0.4 is 10.6 Å². The zero-order chi connectivity index (χ0) is 16.1. The van der Waals surface area contributed by atoms with Crippen molar-refractivity contribution in [3.8, 4) is 0 Å². The van der Waals surface area contributed by atoms with Crippen molar-refractivity contribution < 1.29 is 4.79 Å². The Hall–Kier alpha value is -1.06. The summed E-state index contributed by atoms with van der Waals surface area (Å²) < 4.78 is 0. The average molecular weight is 339 g/mol. The Kier molecular flexibility index (Phi) is 8.07. The van der Waals surface area contributed by atoms with Gasteiger partial charge in [-0.2, -0.15) is 0 Å². The lowest BCUT2D eigenvalue weighted by molar-refractivity contribution is -0.127. The molecule has 130 valence electrons. The highest BCUT2D eigenvalue weighted by molar-refractivity contribution is 5.85. The van der Waals surface area contributed by atoms with Gasteiger partial charge in [0.05, 0.1) is 6.04 Å². The Balaban J connectivity index is 0.00000264. The molecule has 0 aromatic heterocycles. The van der Waals surface area contributed by atoms with E-state index in [0.717, 1.165) is 25.9 Å². The first kappa shape index (κ1) is 20.0. The number of halogens is 1. The minimum atomic E-state index is 0. The summed E-state index contributed by atoms with van der Waals surface area (Å²) in [7, 11) is 0. The summed E-state index contributed by atoms with van der Waals surface area (Å²) in [6.07, 6.45) is 2.28. The fourth-order valence-electron chi connectivity index (χ4n) is 2.98. The molecule has 23 heavy (non-hydrogen) atoms. The maximum Gasteiger partial charge on any atom is 0.223 e. The van der Waals surface area contributed by atoms with Gasteiger partial charge in [0.25, 0.3) is 0 Å². The van der Waals surface area contributed by atoms with Gasteiger partial charge in [-0.25, -0.2) is 0 Å². The standard InChI is InChI=1S/C19H30N2O.ClH/c1-5-6-15-7-9-16(10-8-15)18(13(2)3)21-19(22)14(4)17-11-20-12-17;/h7-10,13-14,17-18,20H,5-6,11-12H2,1-4H3,(H,21,22);1H. The minimum absolute atomic E-state index is 0. The molecule has 0 bridgehead atoms. The van der Waals surface area contributed by atoms with Crippen molar-refractivity contribution >= 4 is 18.3 Å². The Morgan fingerprint density at radius 3 is 2.26 bits per heavy atom. The second-order valence-electron chi connectivity index (χ2n) is 6.93. The summed E-state index contributed by atoms with van der Waals surface area (Å²) in [5.41, 5.74) is 2.58. The topological polar surface area (TPSA) is 41.1 Å². The molecule has 2 rings (SSSR count). The lowest BCUT2D eigenvalue weighted by Gasteiger charge is -2.33. The maximum atomic E-state index is 12.5. The normalized spacial score (nSPS) is 17.1. The van der Waals surface area contributed by atoms with E-state index < -0.39 is 0 Å². The molecule has 0 spiro atoms. The van der Waals surface area contributed by atoms with Crippen molar-refractivity contribution in [2.75, 3.05) is 13.1 Å². The third kappa shape index (κ3) is 5.22. The Bertz CT molecular complexity index is 483. The van der Waals surface area contributed by atoms with Crippen molar-refractivity contribution in [3.63, 3.8) is 0 Å². The third-order valence-corrected chi connectivity index (χ3v) is 4.78. The van der Waals surface area contributed by atoms with E-state index in [1.807, 2.05) is 6.92 Å². The number of hydrogen-bond donors (Lipinski definition) is 2. The first-order chi connectivity index (χ1) is 10.5. The van der Waals surface area contributed by atoms with E-state index in [-0.39, 0.29) is 30.3 Å². The molecule has 1 aromatic rings. The molecular formula is C19H31ClN2O. The Morgan fingerprint density at radius 1 is 1.22 bits per heavy atom. The van der Waals surface area contributed by atoms with Crippen LogP contribution in [0.15, 0.2) is 24.3 Å². The number of nitrogens with one attached hydrogen (secondary N) is 2. The molecule has 0 saturated carbocycles. The molecule has 1 aliphatic rings. The van der Waals surface area contributed by atoms with Crippen LogP contribution in [0.2, 0.25) is 0 Å². The van der Waals surface area contributed by atoms with Crippen LogP contribution in [0.3, 0.4) is 0 Å². The first-order valence-corrected chi connectivity index (χ1v) is 8.62. The molecule has 3 nitrogen and oxygen atoms in total. The van der Waals surface area contributed by atoms with Gasteiger partial charge in [-0.05, 0) is 42.5 Å². The van der Waals surface area contributed by atoms with Crippen molar-refractivity contribution in [3.05, 3.63) is 35.4 Å². The van der Waals surface area contributed by atoms with Gasteiger partial charge >= 0.3 is 0 Å². The first-order valence-electron chi connectivity index (χ1n) is 8.62. The van der Waals surface area contributed by atoms with Gasteiger partial charge in [0.1, 0.15) is 0 Å². The van der Waals surface area contributed by atoms with E-state index in [1.165, 1.54) is 11.1 Å². The SMILES string of the molecule is CCCc1ccc(C(NC(=O)C(C)C2CNC2)C(C)C)cc1.Cl. The lowest BCUT2D eigenvalue weighted by Crippen LogP contribution is -2.50. The molecule has 0 aliphatic carbocycles. The number of amides is 1. The van der Waals surface area contributed by atoms with Crippen LogP contribution in [0.25, 0.3) is 0 Å². The molecule has 1 aliphatic heterocycles. The van der Waals surface area contributed by atoms with Crippen molar-refractivity contribution in [2.24, 2.45) is 17.8 Å². The van der Waals surface area contributed by atoms with E-state index in [4.69, 9.17) is 0 Å². The predicted molar refractivity (Wildman–Crippen MR) is 98.9 cm³/mol. The molecule has 1 saturated heterocycles. The van der Waals surface area contributed by atoms with Crippen LogP contribution in [-0.4, -0.2) is 19.0 Å². The molecular weight excluding hydrogens is 308 g/mol. The zero-order valence-electron chi connectivity index (χ0n) is 14.8. The molecule has 2 atom stereocenters. The molecule has 1 fully saturated rings. The summed E-state index contributed by atoms with van der Waals surface area (Å²) in [4.78, 5) is 12.5. The second kappa shape index (κ2) is 9.29. The van der Waals surface area contributed by atoms with Gasteiger partial charge in [0.2, 0.25) is 5.91 Å². The summed E-state index contributed by atoms with van der Waals surface area (Å²) in [6, 6.07) is 8.83. The second-order valence-corrected chi connectivity index (χ2v) is 6.93. The van der Waals surface area contributed by atoms with Gasteiger partial charge in [-0.15, -0.1) is 12.4 Å². The number of rotatable bonds is 7. The van der Waals surface area contributed by atoms with Crippen LogP contribution in [0.4, 0.5) is 0 Å². The number of carbonyl (C=O) groups is 1. The lowest BCUT2D eigenvalue weighted by atomic mass is 9.87. The van der Waals surface area contributed by atoms with Gasteiger partial charge in [0, 0.05) is 5.92 Å². The van der Waals surface area contributed by atoms with Crippen molar-refractivity contribution in [1.29, 1.82) is 0 Å². The van der Waals surface area contributed by atoms with E-state index in [2.05, 4.69) is 55.7 Å². The minimum Gasteiger partial charge on any atom is -0.349 e. The average Bonchev–Trinajstić information content (AvgIpc) is 2.43. The third-order valence-electron chi connectivity index (χ3n) is 4.78. The molecule has 4 heteroatoms. The van der Waals surface area contributed by atoms with Crippen LogP contribution in [0.1, 0.15) is 51.3 Å². The molecule has 0 radical (unpaired) electrons. The summed E-state index contributed by atoms with van der Waals surface area (Å²) in [5.74, 6) is 1.14. The summed E-state index contributed by atoms with van der Waals surface area (Å²) in [5, 5.41) is 6.51. The van der Waals surface area contributed by atoms with Crippen LogP contribution >= 0.6 is 12.4 Å². The van der Waals surface area contributed by atoms with E-state index in [9.17, 15) is 4.79 Å². The highest BCUT2D eigenvalue weighted by atomic mass is 35.5. The van der Waals surface area contributed by atoms with E-state index >= 15 is 0 Å². The maximum absolute atomic E-state index is 12.5. The smallest absolute Gasteiger partial charge is 0.223 e. The Morgan fingerprint density at radius 2 is 1.83 bits per heavy atom. The number of hydrogen-bond acceptors (Lipinski definition) is 2. The fourth-order valence-corrected chi connectivity index (χ4v) is 2.98. The highest BCUT2D eigenvalue weighted by Gasteiger charge is 2.30. The van der Waals surface area contributed by atoms with Gasteiger partial charge in [-0.1, -0.05) is 58.4 Å². The largest absolute Gasteiger partial charge is 0.349 e. The molecule has 1 amide bonds. The molecule has 2 N–H and O–H groups in total. The van der Waals surface area contributed by atoms with Crippen molar-refractivity contribution in [1.82, 2.24) is 10.6 Å². The van der Waals surface area contributed by atoms with E-state index in [0.29, 0.717) is 11.8 Å².